The second kappa shape index (κ2) is 5.61. The predicted molar refractivity (Wildman–Crippen MR) is 112 cm³/mol. The van der Waals surface area contributed by atoms with E-state index in [1.54, 1.807) is 0 Å². The number of benzene rings is 3. The zero-order valence-electron chi connectivity index (χ0n) is 15.3. The third-order valence-corrected chi connectivity index (χ3v) is 5.78. The lowest BCUT2D eigenvalue weighted by Crippen LogP contribution is -2.03. The molecule has 2 N–H and O–H groups in total. The fourth-order valence-electron chi connectivity index (χ4n) is 4.64. The van der Waals surface area contributed by atoms with E-state index in [4.69, 9.17) is 5.73 Å². The van der Waals surface area contributed by atoms with E-state index in [2.05, 4.69) is 77.8 Å². The van der Waals surface area contributed by atoms with Gasteiger partial charge < -0.3 is 14.9 Å². The molecule has 3 heteroatoms. The summed E-state index contributed by atoms with van der Waals surface area (Å²) in [4.78, 5) is 0. The average molecular weight is 341 g/mol. The van der Waals surface area contributed by atoms with Crippen molar-refractivity contribution in [3.05, 3.63) is 60.2 Å². The molecule has 0 aliphatic heterocycles. The Bertz CT molecular complexity index is 1190. The molecule has 0 amide bonds. The van der Waals surface area contributed by atoms with Crippen LogP contribution in [0.15, 0.2) is 54.6 Å². The van der Waals surface area contributed by atoms with Crippen molar-refractivity contribution in [3.63, 3.8) is 0 Å². The van der Waals surface area contributed by atoms with Crippen LogP contribution in [-0.2, 0) is 20.5 Å². The molecule has 2 aromatic heterocycles. The lowest BCUT2D eigenvalue weighted by Gasteiger charge is -2.11. The molecule has 3 nitrogen and oxygen atoms in total. The maximum absolute atomic E-state index is 5.88. The molecule has 0 saturated carbocycles. The van der Waals surface area contributed by atoms with Gasteiger partial charge in [0.25, 0.3) is 0 Å². The molecule has 26 heavy (non-hydrogen) atoms. The van der Waals surface area contributed by atoms with Crippen LogP contribution in [0.25, 0.3) is 43.6 Å². The van der Waals surface area contributed by atoms with Gasteiger partial charge in [-0.15, -0.1) is 0 Å². The minimum Gasteiger partial charge on any atom is -0.343 e. The van der Waals surface area contributed by atoms with Gasteiger partial charge in [-0.2, -0.15) is 0 Å². The lowest BCUT2D eigenvalue weighted by atomic mass is 10.00. The first-order chi connectivity index (χ1) is 12.7. The summed E-state index contributed by atoms with van der Waals surface area (Å²) >= 11 is 0. The molecule has 5 rings (SSSR count). The second-order valence-corrected chi connectivity index (χ2v) is 7.19. The van der Waals surface area contributed by atoms with Crippen LogP contribution in [0, 0.1) is 0 Å². The first-order valence-corrected chi connectivity index (χ1v) is 9.28. The number of hydrogen-bond donors (Lipinski definition) is 1. The minimum absolute atomic E-state index is 0.714. The normalized spacial score (nSPS) is 12.1. The summed E-state index contributed by atoms with van der Waals surface area (Å²) in [6.45, 7) is 0.714. The number of nitrogens with two attached hydrogens (primary N) is 1. The zero-order chi connectivity index (χ0) is 17.8. The number of hydrogen-bond acceptors (Lipinski definition) is 1. The number of nitrogens with zero attached hydrogens (tertiary/aromatic N) is 2. The molecule has 3 aromatic carbocycles. The smallest absolute Gasteiger partial charge is 0.0542 e. The molecule has 130 valence electrons. The van der Waals surface area contributed by atoms with Crippen molar-refractivity contribution in [2.24, 2.45) is 19.8 Å². The van der Waals surface area contributed by atoms with Gasteiger partial charge in [-0.3, -0.25) is 0 Å². The Morgan fingerprint density at radius 2 is 1.23 bits per heavy atom. The molecule has 0 atom stereocenters. The fraction of sp³-hybridized carbons (Fsp3) is 0.217. The quantitative estimate of drug-likeness (QED) is 0.499. The highest BCUT2D eigenvalue weighted by atomic mass is 15.0. The highest BCUT2D eigenvalue weighted by Gasteiger charge is 2.19. The largest absolute Gasteiger partial charge is 0.343 e. The number of rotatable bonds is 3. The van der Waals surface area contributed by atoms with E-state index in [1.807, 2.05) is 0 Å². The standard InChI is InChI=1S/C23H23N3/c1-25-20-11-5-3-8-15(20)18-14-19-16-9-4-6-12-21(16)26(2)23(19)17(22(18)25)10-7-13-24/h3-6,8-9,11-12,14H,7,10,13,24H2,1-2H3. The molecule has 2 heterocycles. The van der Waals surface area contributed by atoms with Crippen molar-refractivity contribution in [3.8, 4) is 0 Å². The van der Waals surface area contributed by atoms with Crippen molar-refractivity contribution in [2.45, 2.75) is 12.8 Å². The molecular weight excluding hydrogens is 318 g/mol. The van der Waals surface area contributed by atoms with Crippen LogP contribution in [0.4, 0.5) is 0 Å². The van der Waals surface area contributed by atoms with Crippen LogP contribution >= 0.6 is 0 Å². The van der Waals surface area contributed by atoms with Gasteiger partial charge >= 0.3 is 0 Å². The van der Waals surface area contributed by atoms with E-state index in [0.717, 1.165) is 12.8 Å². The summed E-state index contributed by atoms with van der Waals surface area (Å²) in [5.41, 5.74) is 12.6. The van der Waals surface area contributed by atoms with Crippen LogP contribution in [-0.4, -0.2) is 15.7 Å². The molecule has 5 aromatic rings. The maximum Gasteiger partial charge on any atom is 0.0542 e. The van der Waals surface area contributed by atoms with E-state index in [9.17, 15) is 0 Å². The van der Waals surface area contributed by atoms with Crippen LogP contribution < -0.4 is 5.73 Å². The van der Waals surface area contributed by atoms with Crippen LogP contribution in [0.1, 0.15) is 12.0 Å². The SMILES string of the molecule is Cn1c2ccccc2c2cc3c4ccccc4n(C)c3c(CCCN)c21. The first-order valence-electron chi connectivity index (χ1n) is 9.28. The lowest BCUT2D eigenvalue weighted by molar-refractivity contribution is 0.830. The summed E-state index contributed by atoms with van der Waals surface area (Å²) in [5, 5.41) is 5.35. The fourth-order valence-corrected chi connectivity index (χ4v) is 4.64. The Hall–Kier alpha value is -2.78. The predicted octanol–water partition coefficient (Wildman–Crippen LogP) is 4.87. The molecular formula is C23H23N3. The topological polar surface area (TPSA) is 35.9 Å². The van der Waals surface area contributed by atoms with Crippen LogP contribution in [0.2, 0.25) is 0 Å². The summed E-state index contributed by atoms with van der Waals surface area (Å²) in [6.07, 6.45) is 2.00. The third kappa shape index (κ3) is 1.92. The van der Waals surface area contributed by atoms with E-state index >= 15 is 0 Å². The number of aromatic nitrogens is 2. The molecule has 0 aliphatic carbocycles. The van der Waals surface area contributed by atoms with E-state index in [0.29, 0.717) is 6.54 Å². The van der Waals surface area contributed by atoms with Crippen molar-refractivity contribution in [2.75, 3.05) is 6.54 Å². The summed E-state index contributed by atoms with van der Waals surface area (Å²) in [6, 6.07) is 19.8. The van der Waals surface area contributed by atoms with Gasteiger partial charge in [0.1, 0.15) is 0 Å². The molecule has 0 radical (unpaired) electrons. The highest BCUT2D eigenvalue weighted by Crippen LogP contribution is 2.39. The van der Waals surface area contributed by atoms with E-state index in [1.165, 1.54) is 49.2 Å². The van der Waals surface area contributed by atoms with Crippen molar-refractivity contribution in [1.82, 2.24) is 9.13 Å². The maximum atomic E-state index is 5.88. The van der Waals surface area contributed by atoms with Crippen molar-refractivity contribution < 1.29 is 0 Å². The van der Waals surface area contributed by atoms with Gasteiger partial charge in [-0.1, -0.05) is 36.4 Å². The Morgan fingerprint density at radius 1 is 0.731 bits per heavy atom. The van der Waals surface area contributed by atoms with Gasteiger partial charge in [0.15, 0.2) is 0 Å². The first kappa shape index (κ1) is 15.5. The molecule has 0 aliphatic rings. The second-order valence-electron chi connectivity index (χ2n) is 7.19. The molecule has 0 spiro atoms. The Kier molecular flexibility index (Phi) is 3.34. The molecule has 0 unspecified atom stereocenters. The Labute approximate surface area is 152 Å². The third-order valence-electron chi connectivity index (χ3n) is 5.78. The average Bonchev–Trinajstić information content (AvgIpc) is 3.13. The molecule has 0 fully saturated rings. The molecule has 0 bridgehead atoms. The van der Waals surface area contributed by atoms with Crippen LogP contribution in [0.3, 0.4) is 0 Å². The van der Waals surface area contributed by atoms with Gasteiger partial charge in [-0.25, -0.2) is 0 Å². The minimum atomic E-state index is 0.714. The summed E-state index contributed by atoms with van der Waals surface area (Å²) < 4.78 is 4.71. The van der Waals surface area contributed by atoms with Gasteiger partial charge in [0.2, 0.25) is 0 Å². The van der Waals surface area contributed by atoms with Crippen LogP contribution in [0.5, 0.6) is 0 Å². The van der Waals surface area contributed by atoms with Gasteiger partial charge in [-0.05, 0) is 37.6 Å². The number of fused-ring (bicyclic) bond motifs is 6. The highest BCUT2D eigenvalue weighted by molar-refractivity contribution is 6.19. The van der Waals surface area contributed by atoms with Crippen molar-refractivity contribution >= 4 is 43.6 Å². The Balaban J connectivity index is 2.06. The van der Waals surface area contributed by atoms with Crippen molar-refractivity contribution in [1.29, 1.82) is 0 Å². The molecule has 0 saturated heterocycles. The number of aryl methyl sites for hydroxylation is 3. The summed E-state index contributed by atoms with van der Waals surface area (Å²) in [7, 11) is 4.37. The monoisotopic (exact) mass is 341 g/mol. The van der Waals surface area contributed by atoms with Gasteiger partial charge in [0.05, 0.1) is 11.0 Å². The van der Waals surface area contributed by atoms with E-state index in [-0.39, 0.29) is 0 Å². The van der Waals surface area contributed by atoms with Gasteiger partial charge in [0, 0.05) is 52.2 Å². The zero-order valence-corrected chi connectivity index (χ0v) is 15.3. The summed E-state index contributed by atoms with van der Waals surface area (Å²) in [5.74, 6) is 0. The van der Waals surface area contributed by atoms with E-state index < -0.39 is 0 Å². The Morgan fingerprint density at radius 3 is 1.73 bits per heavy atom. The number of para-hydroxylation sites is 2.